The Hall–Kier alpha value is -0.890. The third-order valence-electron chi connectivity index (χ3n) is 2.93. The fourth-order valence-corrected chi connectivity index (χ4v) is 2.51. The van der Waals surface area contributed by atoms with Crippen molar-refractivity contribution in [2.45, 2.75) is 18.1 Å². The molecule has 0 bridgehead atoms. The van der Waals surface area contributed by atoms with E-state index >= 15 is 0 Å². The van der Waals surface area contributed by atoms with Crippen LogP contribution in [0.2, 0.25) is 0 Å². The monoisotopic (exact) mass is 274 g/mol. The molecule has 2 heterocycles. The van der Waals surface area contributed by atoms with Crippen LogP contribution in [-0.2, 0) is 21.3 Å². The summed E-state index contributed by atoms with van der Waals surface area (Å²) in [7, 11) is -2.13. The Bertz CT molecular complexity index is 477. The van der Waals surface area contributed by atoms with Gasteiger partial charge >= 0.3 is 0 Å². The fraction of sp³-hybridized carbons (Fsp3) is 0.636. The Labute approximate surface area is 107 Å². The molecule has 18 heavy (non-hydrogen) atoms. The van der Waals surface area contributed by atoms with Crippen molar-refractivity contribution in [2.75, 3.05) is 26.8 Å². The lowest BCUT2D eigenvalue weighted by atomic mass is 10.1. The first kappa shape index (κ1) is 13.5. The van der Waals surface area contributed by atoms with Crippen molar-refractivity contribution in [3.8, 4) is 0 Å². The molecule has 0 aliphatic carbocycles. The summed E-state index contributed by atoms with van der Waals surface area (Å²) in [5.41, 5.74) is 0. The molecule has 0 saturated carbocycles. The lowest BCUT2D eigenvalue weighted by Crippen LogP contribution is -2.22. The van der Waals surface area contributed by atoms with E-state index < -0.39 is 10.0 Å². The van der Waals surface area contributed by atoms with Gasteiger partial charge in [-0.05, 0) is 31.5 Å². The first-order valence-electron chi connectivity index (χ1n) is 5.92. The topological polar surface area (TPSA) is 80.6 Å². The summed E-state index contributed by atoms with van der Waals surface area (Å²) in [4.78, 5) is 0. The normalized spacial score (nSPS) is 20.4. The minimum atomic E-state index is -3.48. The van der Waals surface area contributed by atoms with Gasteiger partial charge in [-0.1, -0.05) is 0 Å². The molecule has 0 aromatic carbocycles. The van der Waals surface area contributed by atoms with Gasteiger partial charge in [0, 0.05) is 13.2 Å². The van der Waals surface area contributed by atoms with Crippen LogP contribution in [0.15, 0.2) is 21.6 Å². The van der Waals surface area contributed by atoms with Crippen LogP contribution in [-0.4, -0.2) is 35.2 Å². The maximum atomic E-state index is 11.5. The van der Waals surface area contributed by atoms with Crippen molar-refractivity contribution in [1.82, 2.24) is 10.0 Å². The fourth-order valence-electron chi connectivity index (χ4n) is 1.84. The van der Waals surface area contributed by atoms with E-state index in [1.54, 1.807) is 6.07 Å². The SMILES string of the molecule is CNS(=O)(=O)c1ccc(CNCC2CCOC2)o1. The number of hydrogen-bond acceptors (Lipinski definition) is 5. The number of rotatable bonds is 6. The summed E-state index contributed by atoms with van der Waals surface area (Å²) >= 11 is 0. The van der Waals surface area contributed by atoms with E-state index in [4.69, 9.17) is 9.15 Å². The molecule has 0 radical (unpaired) electrons. The molecule has 0 amide bonds. The smallest absolute Gasteiger partial charge is 0.273 e. The van der Waals surface area contributed by atoms with Gasteiger partial charge in [-0.3, -0.25) is 0 Å². The number of nitrogens with one attached hydrogen (secondary N) is 2. The molecule has 7 heteroatoms. The zero-order valence-corrected chi connectivity index (χ0v) is 11.1. The summed E-state index contributed by atoms with van der Waals surface area (Å²) in [6.45, 7) is 3.01. The molecule has 1 saturated heterocycles. The molecule has 1 atom stereocenters. The quantitative estimate of drug-likeness (QED) is 0.780. The number of furan rings is 1. The van der Waals surface area contributed by atoms with Gasteiger partial charge in [-0.25, -0.2) is 13.1 Å². The van der Waals surface area contributed by atoms with Gasteiger partial charge in [0.2, 0.25) is 5.09 Å². The molecule has 1 aliphatic heterocycles. The minimum absolute atomic E-state index is 0.0500. The number of hydrogen-bond donors (Lipinski definition) is 2. The summed E-state index contributed by atoms with van der Waals surface area (Å²) in [5, 5.41) is 3.19. The van der Waals surface area contributed by atoms with Crippen LogP contribution in [0.25, 0.3) is 0 Å². The van der Waals surface area contributed by atoms with Crippen molar-refractivity contribution < 1.29 is 17.6 Å². The maximum absolute atomic E-state index is 11.5. The zero-order chi connectivity index (χ0) is 13.0. The van der Waals surface area contributed by atoms with Gasteiger partial charge in [-0.2, -0.15) is 0 Å². The highest BCUT2D eigenvalue weighted by atomic mass is 32.2. The third-order valence-corrected chi connectivity index (χ3v) is 4.21. The lowest BCUT2D eigenvalue weighted by Gasteiger charge is -2.07. The van der Waals surface area contributed by atoms with E-state index in [2.05, 4.69) is 10.0 Å². The van der Waals surface area contributed by atoms with E-state index in [0.29, 0.717) is 18.2 Å². The molecule has 1 fully saturated rings. The molecule has 1 aliphatic rings. The van der Waals surface area contributed by atoms with Gasteiger partial charge in [-0.15, -0.1) is 0 Å². The highest BCUT2D eigenvalue weighted by Crippen LogP contribution is 2.14. The first-order valence-corrected chi connectivity index (χ1v) is 7.41. The van der Waals surface area contributed by atoms with Crippen LogP contribution in [0, 0.1) is 5.92 Å². The van der Waals surface area contributed by atoms with Crippen molar-refractivity contribution >= 4 is 10.0 Å². The Morgan fingerprint density at radius 2 is 2.28 bits per heavy atom. The van der Waals surface area contributed by atoms with Crippen molar-refractivity contribution in [3.05, 3.63) is 17.9 Å². The molecule has 1 aromatic heterocycles. The van der Waals surface area contributed by atoms with E-state index in [-0.39, 0.29) is 5.09 Å². The lowest BCUT2D eigenvalue weighted by molar-refractivity contribution is 0.185. The Morgan fingerprint density at radius 3 is 2.94 bits per heavy atom. The predicted octanol–water partition coefficient (Wildman–Crippen LogP) is 0.314. The zero-order valence-electron chi connectivity index (χ0n) is 10.3. The van der Waals surface area contributed by atoms with Crippen LogP contribution < -0.4 is 10.0 Å². The molecular weight excluding hydrogens is 256 g/mol. The molecule has 6 nitrogen and oxygen atoms in total. The van der Waals surface area contributed by atoms with Crippen LogP contribution >= 0.6 is 0 Å². The summed E-state index contributed by atoms with van der Waals surface area (Å²) < 4.78 is 35.7. The average molecular weight is 274 g/mol. The van der Waals surface area contributed by atoms with Gasteiger partial charge < -0.3 is 14.5 Å². The Kier molecular flexibility index (Phi) is 4.39. The second kappa shape index (κ2) is 5.83. The van der Waals surface area contributed by atoms with Gasteiger partial charge in [0.25, 0.3) is 10.0 Å². The highest BCUT2D eigenvalue weighted by molar-refractivity contribution is 7.89. The molecular formula is C11H18N2O4S. The first-order chi connectivity index (χ1) is 8.62. The van der Waals surface area contributed by atoms with Crippen LogP contribution in [0.1, 0.15) is 12.2 Å². The van der Waals surface area contributed by atoms with E-state index in [0.717, 1.165) is 26.2 Å². The van der Waals surface area contributed by atoms with Gasteiger partial charge in [0.1, 0.15) is 5.76 Å². The second-order valence-corrected chi connectivity index (χ2v) is 6.11. The third kappa shape index (κ3) is 3.32. The molecule has 0 spiro atoms. The highest BCUT2D eigenvalue weighted by Gasteiger charge is 2.17. The van der Waals surface area contributed by atoms with Gasteiger partial charge in [0.05, 0.1) is 13.2 Å². The molecule has 1 unspecified atom stereocenters. The summed E-state index contributed by atoms with van der Waals surface area (Å²) in [6, 6.07) is 3.13. The van der Waals surface area contributed by atoms with Gasteiger partial charge in [0.15, 0.2) is 0 Å². The average Bonchev–Trinajstić information content (AvgIpc) is 3.00. The predicted molar refractivity (Wildman–Crippen MR) is 65.6 cm³/mol. The second-order valence-electron chi connectivity index (χ2n) is 4.29. The molecule has 2 N–H and O–H groups in total. The molecule has 2 rings (SSSR count). The largest absolute Gasteiger partial charge is 0.447 e. The molecule has 1 aromatic rings. The van der Waals surface area contributed by atoms with Crippen molar-refractivity contribution in [2.24, 2.45) is 5.92 Å². The number of ether oxygens (including phenoxy) is 1. The minimum Gasteiger partial charge on any atom is -0.447 e. The maximum Gasteiger partial charge on any atom is 0.273 e. The summed E-state index contributed by atoms with van der Waals surface area (Å²) in [6.07, 6.45) is 1.07. The summed E-state index contributed by atoms with van der Waals surface area (Å²) in [5.74, 6) is 1.16. The Balaban J connectivity index is 1.83. The van der Waals surface area contributed by atoms with Crippen LogP contribution in [0.3, 0.4) is 0 Å². The Morgan fingerprint density at radius 1 is 1.44 bits per heavy atom. The van der Waals surface area contributed by atoms with Crippen molar-refractivity contribution in [1.29, 1.82) is 0 Å². The van der Waals surface area contributed by atoms with Crippen LogP contribution in [0.4, 0.5) is 0 Å². The number of sulfonamides is 1. The van der Waals surface area contributed by atoms with E-state index in [1.807, 2.05) is 0 Å². The van der Waals surface area contributed by atoms with Crippen LogP contribution in [0.5, 0.6) is 0 Å². The molecule has 102 valence electrons. The van der Waals surface area contributed by atoms with E-state index in [1.165, 1.54) is 13.1 Å². The standard InChI is InChI=1S/C11H18N2O4S/c1-12-18(14,15)11-3-2-10(17-11)7-13-6-9-4-5-16-8-9/h2-3,9,12-13H,4-8H2,1H3. The van der Waals surface area contributed by atoms with E-state index in [9.17, 15) is 8.42 Å². The van der Waals surface area contributed by atoms with Crippen molar-refractivity contribution in [3.63, 3.8) is 0 Å².